The fourth-order valence-electron chi connectivity index (χ4n) is 4.22. The van der Waals surface area contributed by atoms with Crippen LogP contribution >= 0.6 is 0 Å². The zero-order valence-electron chi connectivity index (χ0n) is 14.7. The second-order valence-electron chi connectivity index (χ2n) is 6.98. The Balaban J connectivity index is 1.51. The van der Waals surface area contributed by atoms with E-state index in [1.165, 1.54) is 12.8 Å². The number of rotatable bonds is 4. The minimum absolute atomic E-state index is 0.133. The van der Waals surface area contributed by atoms with Crippen molar-refractivity contribution in [1.29, 1.82) is 0 Å². The van der Waals surface area contributed by atoms with Crippen molar-refractivity contribution in [3.63, 3.8) is 0 Å². The van der Waals surface area contributed by atoms with Crippen LogP contribution in [0.25, 0.3) is 11.3 Å². The number of amides is 1. The van der Waals surface area contributed by atoms with Crippen molar-refractivity contribution in [2.45, 2.75) is 31.8 Å². The molecule has 2 bridgehead atoms. The molecule has 2 aromatic rings. The van der Waals surface area contributed by atoms with E-state index in [0.717, 1.165) is 24.4 Å². The van der Waals surface area contributed by atoms with Crippen molar-refractivity contribution in [2.75, 3.05) is 20.2 Å². The van der Waals surface area contributed by atoms with Crippen LogP contribution in [0.15, 0.2) is 40.8 Å². The Kier molecular flexibility index (Phi) is 4.25. The zero-order chi connectivity index (χ0) is 17.4. The molecule has 5 rings (SSSR count). The maximum absolute atomic E-state index is 12.7. The molecule has 1 aromatic heterocycles. The second-order valence-corrected chi connectivity index (χ2v) is 6.98. The summed E-state index contributed by atoms with van der Waals surface area (Å²) in [4.78, 5) is 15.1. The van der Waals surface area contributed by atoms with Crippen LogP contribution in [-0.4, -0.2) is 43.1 Å². The quantitative estimate of drug-likeness (QED) is 0.929. The third-order valence-electron chi connectivity index (χ3n) is 5.68. The van der Waals surface area contributed by atoms with Gasteiger partial charge in [-0.2, -0.15) is 0 Å². The number of hydrogen-bond acceptors (Lipinski definition) is 4. The van der Waals surface area contributed by atoms with E-state index in [2.05, 4.69) is 17.1 Å². The lowest BCUT2D eigenvalue weighted by Gasteiger charge is -2.49. The summed E-state index contributed by atoms with van der Waals surface area (Å²) < 4.78 is 11.2. The molecule has 1 aromatic carbocycles. The molecule has 25 heavy (non-hydrogen) atoms. The van der Waals surface area contributed by atoms with Crippen molar-refractivity contribution in [3.8, 4) is 17.1 Å². The minimum Gasteiger partial charge on any atom is -0.496 e. The molecule has 2 atom stereocenters. The molecular weight excluding hydrogens is 316 g/mol. The smallest absolute Gasteiger partial charge is 0.287 e. The highest BCUT2D eigenvalue weighted by Gasteiger charge is 2.40. The van der Waals surface area contributed by atoms with Gasteiger partial charge in [0.2, 0.25) is 0 Å². The molecule has 5 heteroatoms. The van der Waals surface area contributed by atoms with Crippen LogP contribution in [0.5, 0.6) is 5.75 Å². The molecule has 3 aliphatic rings. The lowest BCUT2D eigenvalue weighted by Crippen LogP contribution is -2.62. The van der Waals surface area contributed by atoms with Crippen LogP contribution in [0.3, 0.4) is 0 Å². The first-order chi connectivity index (χ1) is 12.2. The molecule has 0 radical (unpaired) electrons. The summed E-state index contributed by atoms with van der Waals surface area (Å²) in [7, 11) is 1.63. The van der Waals surface area contributed by atoms with Gasteiger partial charge in [-0.3, -0.25) is 9.69 Å². The van der Waals surface area contributed by atoms with Crippen LogP contribution < -0.4 is 10.1 Å². The van der Waals surface area contributed by atoms with Crippen LogP contribution in [0.1, 0.15) is 30.3 Å². The fraction of sp³-hybridized carbons (Fsp3) is 0.450. The van der Waals surface area contributed by atoms with Gasteiger partial charge in [0.05, 0.1) is 12.7 Å². The third kappa shape index (κ3) is 2.93. The summed E-state index contributed by atoms with van der Waals surface area (Å²) in [5, 5.41) is 3.20. The van der Waals surface area contributed by atoms with Gasteiger partial charge < -0.3 is 14.5 Å². The SMILES string of the molecule is COc1ccccc1-c1ccc(C(=O)NC2C3CCN(CC3)C2C)o1. The lowest BCUT2D eigenvalue weighted by atomic mass is 9.79. The second kappa shape index (κ2) is 6.56. The molecule has 1 N–H and O–H groups in total. The van der Waals surface area contributed by atoms with Gasteiger partial charge in [-0.15, -0.1) is 0 Å². The first-order valence-electron chi connectivity index (χ1n) is 8.95. The highest BCUT2D eigenvalue weighted by molar-refractivity contribution is 5.92. The Morgan fingerprint density at radius 2 is 1.96 bits per heavy atom. The summed E-state index contributed by atoms with van der Waals surface area (Å²) in [6.07, 6.45) is 2.33. The van der Waals surface area contributed by atoms with Gasteiger partial charge in [-0.05, 0) is 63.0 Å². The molecule has 132 valence electrons. The maximum Gasteiger partial charge on any atom is 0.287 e. The average molecular weight is 340 g/mol. The zero-order valence-corrected chi connectivity index (χ0v) is 14.7. The number of fused-ring (bicyclic) bond motifs is 3. The van der Waals surface area contributed by atoms with Crippen molar-refractivity contribution in [2.24, 2.45) is 5.92 Å². The number of carbonyl (C=O) groups excluding carboxylic acids is 1. The van der Waals surface area contributed by atoms with E-state index in [4.69, 9.17) is 9.15 Å². The normalized spacial score (nSPS) is 27.9. The average Bonchev–Trinajstić information content (AvgIpc) is 3.15. The molecule has 3 fully saturated rings. The Morgan fingerprint density at radius 1 is 1.20 bits per heavy atom. The van der Waals surface area contributed by atoms with Crippen LogP contribution in [0.4, 0.5) is 0 Å². The Hall–Kier alpha value is -2.27. The van der Waals surface area contributed by atoms with Gasteiger partial charge >= 0.3 is 0 Å². The monoisotopic (exact) mass is 340 g/mol. The van der Waals surface area contributed by atoms with Crippen molar-refractivity contribution in [1.82, 2.24) is 10.2 Å². The number of benzene rings is 1. The molecule has 0 aliphatic carbocycles. The molecule has 2 unspecified atom stereocenters. The molecular formula is C20H24N2O3. The highest BCUT2D eigenvalue weighted by Crippen LogP contribution is 2.33. The van der Waals surface area contributed by atoms with E-state index >= 15 is 0 Å². The predicted molar refractivity (Wildman–Crippen MR) is 95.7 cm³/mol. The summed E-state index contributed by atoms with van der Waals surface area (Å²) in [6, 6.07) is 11.8. The van der Waals surface area contributed by atoms with Crippen molar-refractivity contribution >= 4 is 5.91 Å². The first kappa shape index (κ1) is 16.2. The number of para-hydroxylation sites is 1. The van der Waals surface area contributed by atoms with Gasteiger partial charge in [0.25, 0.3) is 5.91 Å². The molecule has 0 saturated carbocycles. The number of furan rings is 1. The summed E-state index contributed by atoms with van der Waals surface area (Å²) in [6.45, 7) is 4.51. The molecule has 0 spiro atoms. The Morgan fingerprint density at radius 3 is 2.68 bits per heavy atom. The minimum atomic E-state index is -0.133. The fourth-order valence-corrected chi connectivity index (χ4v) is 4.22. The van der Waals surface area contributed by atoms with Gasteiger partial charge in [-0.1, -0.05) is 12.1 Å². The molecule has 5 nitrogen and oxygen atoms in total. The number of hydrogen-bond donors (Lipinski definition) is 1. The topological polar surface area (TPSA) is 54.7 Å². The predicted octanol–water partition coefficient (Wildman–Crippen LogP) is 3.17. The number of piperidine rings is 3. The number of nitrogens with zero attached hydrogens (tertiary/aromatic N) is 1. The summed E-state index contributed by atoms with van der Waals surface area (Å²) >= 11 is 0. The van der Waals surface area contributed by atoms with Gasteiger partial charge in [0, 0.05) is 12.1 Å². The van der Waals surface area contributed by atoms with Crippen molar-refractivity contribution in [3.05, 3.63) is 42.2 Å². The molecule has 3 aliphatic heterocycles. The first-order valence-corrected chi connectivity index (χ1v) is 8.95. The number of carbonyl (C=O) groups is 1. The summed E-state index contributed by atoms with van der Waals surface area (Å²) in [5.74, 6) is 2.17. The van der Waals surface area contributed by atoms with E-state index < -0.39 is 0 Å². The van der Waals surface area contributed by atoms with Crippen LogP contribution in [-0.2, 0) is 0 Å². The van der Waals surface area contributed by atoms with E-state index in [-0.39, 0.29) is 11.9 Å². The van der Waals surface area contributed by atoms with E-state index in [1.54, 1.807) is 13.2 Å². The third-order valence-corrected chi connectivity index (χ3v) is 5.68. The number of nitrogens with one attached hydrogen (secondary N) is 1. The van der Waals surface area contributed by atoms with E-state index in [9.17, 15) is 4.79 Å². The summed E-state index contributed by atoms with van der Waals surface area (Å²) in [5.41, 5.74) is 0.847. The van der Waals surface area contributed by atoms with E-state index in [1.807, 2.05) is 30.3 Å². The standard InChI is InChI=1S/C20H24N2O3/c1-13-19(14-9-11-22(13)12-10-14)21-20(23)18-8-7-17(25-18)15-5-3-4-6-16(15)24-2/h3-8,13-14,19H,9-12H2,1-2H3,(H,21,23). The molecule has 3 saturated heterocycles. The molecule has 1 amide bonds. The van der Waals surface area contributed by atoms with Gasteiger partial charge in [-0.25, -0.2) is 0 Å². The lowest BCUT2D eigenvalue weighted by molar-refractivity contribution is 0.0211. The molecule has 4 heterocycles. The van der Waals surface area contributed by atoms with E-state index in [0.29, 0.717) is 23.5 Å². The Labute approximate surface area is 148 Å². The number of ether oxygens (including phenoxy) is 1. The van der Waals surface area contributed by atoms with Crippen LogP contribution in [0, 0.1) is 5.92 Å². The van der Waals surface area contributed by atoms with Gasteiger partial charge in [0.1, 0.15) is 11.5 Å². The highest BCUT2D eigenvalue weighted by atomic mass is 16.5. The van der Waals surface area contributed by atoms with Crippen LogP contribution in [0.2, 0.25) is 0 Å². The largest absolute Gasteiger partial charge is 0.496 e. The van der Waals surface area contributed by atoms with Crippen molar-refractivity contribution < 1.29 is 13.9 Å². The Bertz CT molecular complexity index is 760. The number of methoxy groups -OCH3 is 1. The van der Waals surface area contributed by atoms with Gasteiger partial charge in [0.15, 0.2) is 5.76 Å². The maximum atomic E-state index is 12.7.